The van der Waals surface area contributed by atoms with Gasteiger partial charge in [0, 0.05) is 18.4 Å². The number of benzene rings is 3. The third-order valence-electron chi connectivity index (χ3n) is 6.22. The van der Waals surface area contributed by atoms with E-state index in [4.69, 9.17) is 10.5 Å². The number of nitrogens with one attached hydrogen (secondary N) is 1. The minimum Gasteiger partial charge on any atom is -0.423 e. The second-order valence-corrected chi connectivity index (χ2v) is 9.49. The van der Waals surface area contributed by atoms with E-state index in [0.29, 0.717) is 49.0 Å². The van der Waals surface area contributed by atoms with Gasteiger partial charge in [0.2, 0.25) is 5.91 Å². The molecule has 3 rings (SSSR count). The Hall–Kier alpha value is -4.26. The number of hydrogen-bond donors (Lipinski definition) is 2. The van der Waals surface area contributed by atoms with Gasteiger partial charge in [-0.15, -0.1) is 0 Å². The minimum absolute atomic E-state index is 0.0839. The molecule has 0 aliphatic carbocycles. The van der Waals surface area contributed by atoms with Gasteiger partial charge in [0.25, 0.3) is 5.91 Å². The first-order valence-corrected chi connectivity index (χ1v) is 12.8. The number of ether oxygens (including phenoxy) is 1. The molecule has 7 nitrogen and oxygen atoms in total. The molecule has 0 bridgehead atoms. The van der Waals surface area contributed by atoms with Gasteiger partial charge >= 0.3 is 5.97 Å². The molecule has 38 heavy (non-hydrogen) atoms. The molecule has 7 heteroatoms. The Morgan fingerprint density at radius 3 is 1.87 bits per heavy atom. The van der Waals surface area contributed by atoms with Crippen molar-refractivity contribution in [3.63, 3.8) is 0 Å². The molecule has 1 atom stereocenters. The van der Waals surface area contributed by atoms with Crippen molar-refractivity contribution in [3.8, 4) is 5.75 Å². The minimum atomic E-state index is -0.721. The Morgan fingerprint density at radius 2 is 1.29 bits per heavy atom. The van der Waals surface area contributed by atoms with Gasteiger partial charge in [-0.2, -0.15) is 0 Å². The molecule has 0 aliphatic heterocycles. The lowest BCUT2D eigenvalue weighted by Crippen LogP contribution is -2.42. The van der Waals surface area contributed by atoms with Crippen LogP contribution in [0.1, 0.15) is 69.5 Å². The van der Waals surface area contributed by atoms with Gasteiger partial charge in [0.1, 0.15) is 5.75 Å². The number of primary amides is 1. The summed E-state index contributed by atoms with van der Waals surface area (Å²) in [4.78, 5) is 49.3. The third kappa shape index (κ3) is 9.00. The zero-order valence-corrected chi connectivity index (χ0v) is 21.9. The molecule has 198 valence electrons. The lowest BCUT2D eigenvalue weighted by atomic mass is 9.97. The van der Waals surface area contributed by atoms with Crippen LogP contribution in [0.2, 0.25) is 0 Å². The monoisotopic (exact) mass is 514 g/mol. The predicted molar refractivity (Wildman–Crippen MR) is 146 cm³/mol. The first kappa shape index (κ1) is 28.3. The van der Waals surface area contributed by atoms with E-state index in [1.54, 1.807) is 48.5 Å². The number of carbonyl (C=O) groups is 4. The van der Waals surface area contributed by atoms with Gasteiger partial charge in [-0.05, 0) is 75.1 Å². The Balaban J connectivity index is 1.65. The van der Waals surface area contributed by atoms with Crippen LogP contribution in [0.15, 0.2) is 72.8 Å². The molecule has 0 spiro atoms. The first-order valence-electron chi connectivity index (χ1n) is 12.8. The largest absolute Gasteiger partial charge is 0.423 e. The van der Waals surface area contributed by atoms with Gasteiger partial charge in [-0.3, -0.25) is 14.4 Å². The van der Waals surface area contributed by atoms with Gasteiger partial charge in [-0.25, -0.2) is 4.79 Å². The molecule has 0 saturated carbocycles. The molecule has 1 unspecified atom stereocenters. The number of nitrogens with two attached hydrogens (primary N) is 1. The Kier molecular flexibility index (Phi) is 10.3. The molecule has 0 aliphatic rings. The molecule has 0 saturated heterocycles. The second-order valence-electron chi connectivity index (χ2n) is 9.49. The second kappa shape index (κ2) is 13.9. The quantitative estimate of drug-likeness (QED) is 0.192. The maximum absolute atomic E-state index is 13.1. The molecule has 3 aromatic rings. The molecule has 3 N–H and O–H groups in total. The van der Waals surface area contributed by atoms with Crippen molar-refractivity contribution in [3.05, 3.63) is 101 Å². The van der Waals surface area contributed by atoms with Crippen LogP contribution in [0.4, 0.5) is 0 Å². The summed E-state index contributed by atoms with van der Waals surface area (Å²) >= 11 is 0. The van der Waals surface area contributed by atoms with Gasteiger partial charge in [0.05, 0.1) is 11.6 Å². The number of carbonyl (C=O) groups excluding carboxylic acids is 4. The molecule has 0 radical (unpaired) electrons. The van der Waals surface area contributed by atoms with Crippen LogP contribution in [0.25, 0.3) is 0 Å². The summed E-state index contributed by atoms with van der Waals surface area (Å²) in [6.07, 6.45) is 2.81. The highest BCUT2D eigenvalue weighted by Gasteiger charge is 2.22. The van der Waals surface area contributed by atoms with Crippen molar-refractivity contribution in [2.45, 2.75) is 58.4 Å². The van der Waals surface area contributed by atoms with Gasteiger partial charge in [-0.1, -0.05) is 53.9 Å². The lowest BCUT2D eigenvalue weighted by molar-refractivity contribution is -0.121. The maximum Gasteiger partial charge on any atom is 0.343 e. The number of ketones is 1. The van der Waals surface area contributed by atoms with E-state index in [0.717, 1.165) is 16.7 Å². The lowest BCUT2D eigenvalue weighted by Gasteiger charge is -2.18. The van der Waals surface area contributed by atoms with E-state index in [9.17, 15) is 19.2 Å². The molecule has 0 fully saturated rings. The normalized spacial score (nSPS) is 11.4. The Morgan fingerprint density at radius 1 is 0.737 bits per heavy atom. The average molecular weight is 515 g/mol. The van der Waals surface area contributed by atoms with Crippen molar-refractivity contribution in [2.24, 2.45) is 5.73 Å². The van der Waals surface area contributed by atoms with Crippen LogP contribution in [0.5, 0.6) is 5.75 Å². The summed E-state index contributed by atoms with van der Waals surface area (Å²) in [6.45, 7) is 3.88. The van der Waals surface area contributed by atoms with Crippen LogP contribution in [-0.4, -0.2) is 29.6 Å². The van der Waals surface area contributed by atoms with E-state index in [1.807, 2.05) is 38.1 Å². The molecule has 3 aromatic carbocycles. The third-order valence-corrected chi connectivity index (χ3v) is 6.22. The fourth-order valence-electron chi connectivity index (χ4n) is 3.93. The van der Waals surface area contributed by atoms with Crippen LogP contribution < -0.4 is 15.8 Å². The standard InChI is InChI=1S/C31H34N2O5/c1-21-8-14-24(15-9-21)30(36)33-27(28(34)6-4-3-5-7-29(32)35)20-23-12-18-26(19-13-23)38-31(37)25-16-10-22(2)11-17-25/h8-19,27H,3-7,20H2,1-2H3,(H2,32,35)(H,33,36). The smallest absolute Gasteiger partial charge is 0.343 e. The highest BCUT2D eigenvalue weighted by Crippen LogP contribution is 2.17. The Labute approximate surface area is 223 Å². The van der Waals surface area contributed by atoms with E-state index in [1.165, 1.54) is 0 Å². The first-order chi connectivity index (χ1) is 18.2. The number of Topliss-reactive ketones (excluding diaryl/α,β-unsaturated/α-hetero) is 1. The molecule has 0 aromatic heterocycles. The van der Waals surface area contributed by atoms with Crippen LogP contribution >= 0.6 is 0 Å². The highest BCUT2D eigenvalue weighted by atomic mass is 16.5. The molecule has 0 heterocycles. The number of hydrogen-bond acceptors (Lipinski definition) is 5. The van der Waals surface area contributed by atoms with Crippen molar-refractivity contribution in [1.82, 2.24) is 5.32 Å². The summed E-state index contributed by atoms with van der Waals surface area (Å²) in [7, 11) is 0. The summed E-state index contributed by atoms with van der Waals surface area (Å²) < 4.78 is 5.46. The molecular weight excluding hydrogens is 480 g/mol. The molecular formula is C31H34N2O5. The van der Waals surface area contributed by atoms with Crippen LogP contribution in [-0.2, 0) is 16.0 Å². The van der Waals surface area contributed by atoms with Crippen molar-refractivity contribution >= 4 is 23.6 Å². The Bertz CT molecular complexity index is 1250. The van der Waals surface area contributed by atoms with E-state index in [2.05, 4.69) is 5.32 Å². The predicted octanol–water partition coefficient (Wildman–Crippen LogP) is 4.87. The topological polar surface area (TPSA) is 116 Å². The van der Waals surface area contributed by atoms with Gasteiger partial charge < -0.3 is 15.8 Å². The zero-order valence-electron chi connectivity index (χ0n) is 21.9. The van der Waals surface area contributed by atoms with Crippen molar-refractivity contribution < 1.29 is 23.9 Å². The fraction of sp³-hybridized carbons (Fsp3) is 0.290. The summed E-state index contributed by atoms with van der Waals surface area (Å²) in [6, 6.07) is 20.5. The molecule has 2 amide bonds. The summed E-state index contributed by atoms with van der Waals surface area (Å²) in [5.41, 5.74) is 9.02. The number of esters is 1. The van der Waals surface area contributed by atoms with E-state index >= 15 is 0 Å². The fourth-order valence-corrected chi connectivity index (χ4v) is 3.93. The van der Waals surface area contributed by atoms with Crippen molar-refractivity contribution in [2.75, 3.05) is 0 Å². The average Bonchev–Trinajstić information content (AvgIpc) is 2.89. The van der Waals surface area contributed by atoms with E-state index < -0.39 is 12.0 Å². The van der Waals surface area contributed by atoms with Crippen LogP contribution in [0, 0.1) is 13.8 Å². The van der Waals surface area contributed by atoms with Gasteiger partial charge in [0.15, 0.2) is 5.78 Å². The zero-order chi connectivity index (χ0) is 27.5. The van der Waals surface area contributed by atoms with Crippen molar-refractivity contribution in [1.29, 1.82) is 0 Å². The summed E-state index contributed by atoms with van der Waals surface area (Å²) in [5, 5.41) is 2.89. The number of unbranched alkanes of at least 4 members (excludes halogenated alkanes) is 2. The number of aryl methyl sites for hydroxylation is 2. The maximum atomic E-state index is 13.1. The summed E-state index contributed by atoms with van der Waals surface area (Å²) in [5.74, 6) is -0.819. The highest BCUT2D eigenvalue weighted by molar-refractivity contribution is 5.98. The number of amides is 2. The van der Waals surface area contributed by atoms with Crippen LogP contribution in [0.3, 0.4) is 0 Å². The number of rotatable bonds is 13. The van der Waals surface area contributed by atoms with E-state index in [-0.39, 0.29) is 24.0 Å². The SMILES string of the molecule is Cc1ccc(C(=O)NC(Cc2ccc(OC(=O)c3ccc(C)cc3)cc2)C(=O)CCCCCC(N)=O)cc1.